The van der Waals surface area contributed by atoms with E-state index in [1.54, 1.807) is 38.5 Å². The van der Waals surface area contributed by atoms with E-state index >= 15 is 0 Å². The highest BCUT2D eigenvalue weighted by Crippen LogP contribution is 2.17. The van der Waals surface area contributed by atoms with E-state index in [0.29, 0.717) is 11.5 Å². The molecule has 0 aliphatic carbocycles. The first kappa shape index (κ1) is 19.9. The molecule has 5 heteroatoms. The molecule has 0 aromatic heterocycles. The first-order valence-electron chi connectivity index (χ1n) is 8.76. The van der Waals surface area contributed by atoms with E-state index in [1.165, 1.54) is 11.1 Å². The van der Waals surface area contributed by atoms with Crippen LogP contribution in [0.1, 0.15) is 24.0 Å². The lowest BCUT2D eigenvalue weighted by molar-refractivity contribution is 0.152. The van der Waals surface area contributed by atoms with E-state index in [4.69, 9.17) is 18.9 Å². The molecule has 0 bridgehead atoms. The summed E-state index contributed by atoms with van der Waals surface area (Å²) in [5.74, 6) is 0.920. The van der Waals surface area contributed by atoms with Crippen molar-refractivity contribution >= 4 is 6.16 Å². The van der Waals surface area contributed by atoms with E-state index < -0.39 is 6.16 Å². The first-order valence-corrected chi connectivity index (χ1v) is 8.76. The zero-order valence-corrected chi connectivity index (χ0v) is 15.4. The molecular weight excluding hydrogens is 332 g/mol. The average molecular weight is 358 g/mol. The van der Waals surface area contributed by atoms with Crippen molar-refractivity contribution in [2.75, 3.05) is 27.4 Å². The van der Waals surface area contributed by atoms with Gasteiger partial charge in [0.2, 0.25) is 0 Å². The molecular formula is C21H26O5. The molecule has 0 heterocycles. The molecule has 0 spiro atoms. The van der Waals surface area contributed by atoms with Gasteiger partial charge in [0.1, 0.15) is 11.5 Å². The Morgan fingerprint density at radius 1 is 0.692 bits per heavy atom. The van der Waals surface area contributed by atoms with Gasteiger partial charge in [0.15, 0.2) is 0 Å². The van der Waals surface area contributed by atoms with E-state index in [2.05, 4.69) is 0 Å². The summed E-state index contributed by atoms with van der Waals surface area (Å²) in [7, 11) is 3.38. The summed E-state index contributed by atoms with van der Waals surface area (Å²) in [6, 6.07) is 14.8. The van der Waals surface area contributed by atoms with Crippen LogP contribution in [0, 0.1) is 0 Å². The third-order valence-corrected chi connectivity index (χ3v) is 3.88. The molecule has 0 radical (unpaired) electrons. The minimum Gasteiger partial charge on any atom is -0.395 e. The second-order valence-electron chi connectivity index (χ2n) is 5.93. The van der Waals surface area contributed by atoms with Gasteiger partial charge in [0, 0.05) is 27.4 Å². The number of ether oxygens (including phenoxy) is 4. The number of hydrogen-bond donors (Lipinski definition) is 0. The lowest BCUT2D eigenvalue weighted by Gasteiger charge is -2.07. The molecule has 0 atom stereocenters. The fourth-order valence-corrected chi connectivity index (χ4v) is 2.50. The molecule has 2 aromatic carbocycles. The predicted octanol–water partition coefficient (Wildman–Crippen LogP) is 4.42. The second-order valence-corrected chi connectivity index (χ2v) is 5.93. The summed E-state index contributed by atoms with van der Waals surface area (Å²) >= 11 is 0. The number of carbonyl (C=O) groups is 1. The van der Waals surface area contributed by atoms with Crippen LogP contribution in [-0.4, -0.2) is 33.6 Å². The van der Waals surface area contributed by atoms with Crippen LogP contribution < -0.4 is 9.47 Å². The van der Waals surface area contributed by atoms with Gasteiger partial charge < -0.3 is 18.9 Å². The highest BCUT2D eigenvalue weighted by Gasteiger charge is 2.08. The third-order valence-electron chi connectivity index (χ3n) is 3.88. The number of methoxy groups -OCH3 is 2. The number of hydrogen-bond acceptors (Lipinski definition) is 5. The Kier molecular flexibility index (Phi) is 8.66. The molecule has 0 saturated heterocycles. The molecule has 0 aliphatic rings. The fraction of sp³-hybridized carbons (Fsp3) is 0.381. The molecule has 0 N–H and O–H groups in total. The van der Waals surface area contributed by atoms with Crippen LogP contribution in [0.5, 0.6) is 11.5 Å². The zero-order chi connectivity index (χ0) is 18.6. The Morgan fingerprint density at radius 2 is 1.08 bits per heavy atom. The van der Waals surface area contributed by atoms with Crippen LogP contribution in [0.4, 0.5) is 4.79 Å². The monoisotopic (exact) mass is 358 g/mol. The average Bonchev–Trinajstić information content (AvgIpc) is 2.65. The minimum atomic E-state index is -0.746. The van der Waals surface area contributed by atoms with Crippen LogP contribution in [0.15, 0.2) is 48.5 Å². The maximum absolute atomic E-state index is 11.9. The van der Waals surface area contributed by atoms with Crippen molar-refractivity contribution in [3.05, 3.63) is 59.7 Å². The summed E-state index contributed by atoms with van der Waals surface area (Å²) in [6.07, 6.45) is 3.02. The molecule has 2 rings (SSSR count). The van der Waals surface area contributed by atoms with E-state index in [-0.39, 0.29) is 0 Å². The topological polar surface area (TPSA) is 54.0 Å². The first-order chi connectivity index (χ1) is 12.7. The highest BCUT2D eigenvalue weighted by molar-refractivity contribution is 5.67. The van der Waals surface area contributed by atoms with Crippen LogP contribution in [0.25, 0.3) is 0 Å². The van der Waals surface area contributed by atoms with Crippen molar-refractivity contribution in [3.8, 4) is 11.5 Å². The number of benzene rings is 2. The molecule has 140 valence electrons. The van der Waals surface area contributed by atoms with Gasteiger partial charge in [-0.1, -0.05) is 24.3 Å². The SMILES string of the molecule is COCCCc1ccc(OC(=O)Oc2ccc(CCCOC)cc2)cc1. The normalized spacial score (nSPS) is 10.5. The summed E-state index contributed by atoms with van der Waals surface area (Å²) < 4.78 is 20.5. The summed E-state index contributed by atoms with van der Waals surface area (Å²) in [5.41, 5.74) is 2.35. The molecule has 0 amide bonds. The van der Waals surface area contributed by atoms with Gasteiger partial charge in [0.05, 0.1) is 0 Å². The molecule has 2 aromatic rings. The lowest BCUT2D eigenvalue weighted by atomic mass is 10.1. The summed E-state index contributed by atoms with van der Waals surface area (Å²) in [6.45, 7) is 1.46. The molecule has 0 fully saturated rings. The maximum Gasteiger partial charge on any atom is 0.519 e. The van der Waals surface area contributed by atoms with Crippen molar-refractivity contribution in [1.82, 2.24) is 0 Å². The highest BCUT2D eigenvalue weighted by atomic mass is 16.7. The molecule has 0 saturated carbocycles. The van der Waals surface area contributed by atoms with Gasteiger partial charge in [0.25, 0.3) is 0 Å². The van der Waals surface area contributed by atoms with Crippen LogP contribution in [0.2, 0.25) is 0 Å². The second kappa shape index (κ2) is 11.3. The quantitative estimate of drug-likeness (QED) is 0.357. The Labute approximate surface area is 154 Å². The van der Waals surface area contributed by atoms with Crippen LogP contribution in [0.3, 0.4) is 0 Å². The minimum absolute atomic E-state index is 0.460. The third kappa shape index (κ3) is 7.25. The molecule has 5 nitrogen and oxygen atoms in total. The van der Waals surface area contributed by atoms with Gasteiger partial charge in [-0.2, -0.15) is 0 Å². The van der Waals surface area contributed by atoms with Crippen molar-refractivity contribution in [2.45, 2.75) is 25.7 Å². The van der Waals surface area contributed by atoms with Gasteiger partial charge >= 0.3 is 6.16 Å². The Hall–Kier alpha value is -2.37. The van der Waals surface area contributed by atoms with Crippen LogP contribution >= 0.6 is 0 Å². The van der Waals surface area contributed by atoms with E-state index in [1.807, 2.05) is 24.3 Å². The van der Waals surface area contributed by atoms with Crippen molar-refractivity contribution < 1.29 is 23.7 Å². The fourth-order valence-electron chi connectivity index (χ4n) is 2.50. The number of aryl methyl sites for hydroxylation is 2. The predicted molar refractivity (Wildman–Crippen MR) is 99.9 cm³/mol. The largest absolute Gasteiger partial charge is 0.519 e. The Bertz CT molecular complexity index is 592. The van der Waals surface area contributed by atoms with Gasteiger partial charge in [-0.05, 0) is 61.1 Å². The molecule has 0 unspecified atom stereocenters. The zero-order valence-electron chi connectivity index (χ0n) is 15.4. The van der Waals surface area contributed by atoms with Gasteiger partial charge in [-0.3, -0.25) is 0 Å². The van der Waals surface area contributed by atoms with Crippen LogP contribution in [-0.2, 0) is 22.3 Å². The Morgan fingerprint density at radius 3 is 1.42 bits per heavy atom. The van der Waals surface area contributed by atoms with Gasteiger partial charge in [-0.15, -0.1) is 0 Å². The lowest BCUT2D eigenvalue weighted by Crippen LogP contribution is -2.13. The molecule has 26 heavy (non-hydrogen) atoms. The summed E-state index contributed by atoms with van der Waals surface area (Å²) in [5, 5.41) is 0. The Balaban J connectivity index is 1.78. The van der Waals surface area contributed by atoms with Crippen molar-refractivity contribution in [2.24, 2.45) is 0 Å². The standard InChI is InChI=1S/C21H26O5/c1-23-15-3-5-17-7-11-19(12-8-17)25-21(22)26-20-13-9-18(10-14-20)6-4-16-24-2/h7-14H,3-6,15-16H2,1-2H3. The van der Waals surface area contributed by atoms with Gasteiger partial charge in [-0.25, -0.2) is 4.79 Å². The molecule has 0 aliphatic heterocycles. The summed E-state index contributed by atoms with van der Waals surface area (Å²) in [4.78, 5) is 11.9. The number of carbonyl (C=O) groups excluding carboxylic acids is 1. The maximum atomic E-state index is 11.9. The van der Waals surface area contributed by atoms with E-state index in [9.17, 15) is 4.79 Å². The van der Waals surface area contributed by atoms with Crippen molar-refractivity contribution in [1.29, 1.82) is 0 Å². The van der Waals surface area contributed by atoms with E-state index in [0.717, 1.165) is 38.9 Å². The smallest absolute Gasteiger partial charge is 0.395 e. The van der Waals surface area contributed by atoms with Crippen molar-refractivity contribution in [3.63, 3.8) is 0 Å². The number of rotatable bonds is 10.